The maximum atomic E-state index is 13.1. The van der Waals surface area contributed by atoms with Crippen LogP contribution in [0.25, 0.3) is 22.4 Å². The quantitative estimate of drug-likeness (QED) is 0.739. The molecule has 19 heavy (non-hydrogen) atoms. The molecule has 96 valence electrons. The van der Waals surface area contributed by atoms with E-state index < -0.39 is 0 Å². The minimum absolute atomic E-state index is 0.236. The zero-order chi connectivity index (χ0) is 13.4. The average molecular weight is 255 g/mol. The summed E-state index contributed by atoms with van der Waals surface area (Å²) in [4.78, 5) is 7.84. The third-order valence-corrected chi connectivity index (χ3v) is 3.26. The number of hydrogen-bond acceptors (Lipinski definition) is 2. The molecule has 3 N–H and O–H groups in total. The number of halogens is 1. The number of nitrogens with two attached hydrogens (primary N) is 1. The number of benzene rings is 2. The number of nitrogens with one attached hydrogen (secondary N) is 1. The second-order valence-electron chi connectivity index (χ2n) is 4.56. The summed E-state index contributed by atoms with van der Waals surface area (Å²) in [6.07, 6.45) is 0. The Morgan fingerprint density at radius 3 is 2.84 bits per heavy atom. The molecule has 3 rings (SSSR count). The van der Waals surface area contributed by atoms with Gasteiger partial charge in [0.25, 0.3) is 0 Å². The molecule has 0 saturated heterocycles. The summed E-state index contributed by atoms with van der Waals surface area (Å²) < 4.78 is 13.1. The van der Waals surface area contributed by atoms with Crippen LogP contribution in [0.4, 0.5) is 4.39 Å². The van der Waals surface area contributed by atoms with Crippen LogP contribution in [0.1, 0.15) is 11.1 Å². The zero-order valence-corrected chi connectivity index (χ0v) is 10.6. The molecule has 3 nitrogen and oxygen atoms in total. The standard InChI is InChI=1S/C15H14FN3/c1-9-7-11(16)5-6-12(9)15-18-13-4-2-3-10(8-17)14(13)19-15/h2-7H,8,17H2,1H3,(H,18,19). The van der Waals surface area contributed by atoms with Crippen LogP contribution in [0.15, 0.2) is 36.4 Å². The number of imidazole rings is 1. The molecule has 2 aromatic carbocycles. The van der Waals surface area contributed by atoms with Crippen molar-refractivity contribution in [3.63, 3.8) is 0 Å². The van der Waals surface area contributed by atoms with E-state index in [-0.39, 0.29) is 5.82 Å². The van der Waals surface area contributed by atoms with E-state index in [1.807, 2.05) is 25.1 Å². The van der Waals surface area contributed by atoms with Gasteiger partial charge in [-0.15, -0.1) is 0 Å². The van der Waals surface area contributed by atoms with Crippen molar-refractivity contribution in [3.05, 3.63) is 53.3 Å². The molecule has 1 aromatic heterocycles. The van der Waals surface area contributed by atoms with Gasteiger partial charge in [0.1, 0.15) is 11.6 Å². The maximum absolute atomic E-state index is 13.1. The largest absolute Gasteiger partial charge is 0.338 e. The lowest BCUT2D eigenvalue weighted by Gasteiger charge is -2.01. The molecule has 0 aliphatic carbocycles. The number of aromatic nitrogens is 2. The maximum Gasteiger partial charge on any atom is 0.138 e. The molecule has 3 aromatic rings. The molecule has 0 unspecified atom stereocenters. The molecule has 0 atom stereocenters. The number of aryl methyl sites for hydroxylation is 1. The van der Waals surface area contributed by atoms with Gasteiger partial charge >= 0.3 is 0 Å². The van der Waals surface area contributed by atoms with Crippen molar-refractivity contribution in [3.8, 4) is 11.4 Å². The number of aromatic amines is 1. The van der Waals surface area contributed by atoms with Gasteiger partial charge in [0.15, 0.2) is 0 Å². The first-order chi connectivity index (χ1) is 9.19. The Kier molecular flexibility index (Phi) is 2.80. The fourth-order valence-electron chi connectivity index (χ4n) is 2.28. The lowest BCUT2D eigenvalue weighted by atomic mass is 10.1. The van der Waals surface area contributed by atoms with Crippen molar-refractivity contribution in [2.75, 3.05) is 0 Å². The number of para-hydroxylation sites is 1. The fraction of sp³-hybridized carbons (Fsp3) is 0.133. The molecule has 0 bridgehead atoms. The van der Waals surface area contributed by atoms with Crippen LogP contribution in [0.5, 0.6) is 0 Å². The molecule has 0 radical (unpaired) electrons. The summed E-state index contributed by atoms with van der Waals surface area (Å²) in [5.74, 6) is 0.508. The fourth-order valence-corrected chi connectivity index (χ4v) is 2.28. The Morgan fingerprint density at radius 2 is 2.11 bits per heavy atom. The van der Waals surface area contributed by atoms with E-state index in [4.69, 9.17) is 5.73 Å². The first-order valence-corrected chi connectivity index (χ1v) is 6.13. The van der Waals surface area contributed by atoms with Gasteiger partial charge in [0.05, 0.1) is 11.0 Å². The normalized spacial score (nSPS) is 11.1. The summed E-state index contributed by atoms with van der Waals surface area (Å²) in [5, 5.41) is 0. The molecule has 1 heterocycles. The number of fused-ring (bicyclic) bond motifs is 1. The van der Waals surface area contributed by atoms with Gasteiger partial charge in [0, 0.05) is 12.1 Å². The highest BCUT2D eigenvalue weighted by Gasteiger charge is 2.10. The number of hydrogen-bond donors (Lipinski definition) is 2. The summed E-state index contributed by atoms with van der Waals surface area (Å²) in [7, 11) is 0. The third kappa shape index (κ3) is 2.00. The van der Waals surface area contributed by atoms with Gasteiger partial charge < -0.3 is 10.7 Å². The monoisotopic (exact) mass is 255 g/mol. The molecule has 0 saturated carbocycles. The third-order valence-electron chi connectivity index (χ3n) is 3.26. The minimum Gasteiger partial charge on any atom is -0.338 e. The van der Waals surface area contributed by atoms with E-state index in [0.717, 1.165) is 33.5 Å². The molecule has 0 spiro atoms. The van der Waals surface area contributed by atoms with Crippen molar-refractivity contribution in [1.29, 1.82) is 0 Å². The van der Waals surface area contributed by atoms with Gasteiger partial charge in [-0.2, -0.15) is 0 Å². The predicted molar refractivity (Wildman–Crippen MR) is 74.1 cm³/mol. The molecule has 0 amide bonds. The number of rotatable bonds is 2. The molecule has 0 aliphatic rings. The van der Waals surface area contributed by atoms with Gasteiger partial charge in [-0.1, -0.05) is 12.1 Å². The Labute approximate surface area is 110 Å². The summed E-state index contributed by atoms with van der Waals surface area (Å²) in [6, 6.07) is 10.6. The highest BCUT2D eigenvalue weighted by molar-refractivity contribution is 5.82. The SMILES string of the molecule is Cc1cc(F)ccc1-c1nc2c(CN)cccc2[nH]1. The number of H-pyrrole nitrogens is 1. The van der Waals surface area contributed by atoms with Gasteiger partial charge in [-0.25, -0.2) is 9.37 Å². The van der Waals surface area contributed by atoms with Crippen LogP contribution in [0.3, 0.4) is 0 Å². The van der Waals surface area contributed by atoms with Gasteiger partial charge in [0.2, 0.25) is 0 Å². The van der Waals surface area contributed by atoms with Crippen molar-refractivity contribution < 1.29 is 4.39 Å². The Morgan fingerprint density at radius 1 is 1.26 bits per heavy atom. The van der Waals surface area contributed by atoms with Crippen molar-refractivity contribution >= 4 is 11.0 Å². The van der Waals surface area contributed by atoms with E-state index in [2.05, 4.69) is 9.97 Å². The van der Waals surface area contributed by atoms with E-state index >= 15 is 0 Å². The summed E-state index contributed by atoms with van der Waals surface area (Å²) >= 11 is 0. The van der Waals surface area contributed by atoms with E-state index in [0.29, 0.717) is 6.54 Å². The van der Waals surface area contributed by atoms with E-state index in [1.165, 1.54) is 12.1 Å². The summed E-state index contributed by atoms with van der Waals surface area (Å²) in [6.45, 7) is 2.32. The first kappa shape index (κ1) is 11.9. The lowest BCUT2D eigenvalue weighted by Crippen LogP contribution is -1.96. The van der Waals surface area contributed by atoms with Crippen LogP contribution in [0.2, 0.25) is 0 Å². The molecule has 0 aliphatic heterocycles. The highest BCUT2D eigenvalue weighted by Crippen LogP contribution is 2.25. The predicted octanol–water partition coefficient (Wildman–Crippen LogP) is 3.14. The van der Waals surface area contributed by atoms with Crippen molar-refractivity contribution in [1.82, 2.24) is 9.97 Å². The van der Waals surface area contributed by atoms with E-state index in [1.54, 1.807) is 6.07 Å². The average Bonchev–Trinajstić information content (AvgIpc) is 2.81. The van der Waals surface area contributed by atoms with Gasteiger partial charge in [-0.05, 0) is 42.3 Å². The molecular formula is C15H14FN3. The van der Waals surface area contributed by atoms with Crippen LogP contribution < -0.4 is 5.73 Å². The van der Waals surface area contributed by atoms with Crippen molar-refractivity contribution in [2.24, 2.45) is 5.73 Å². The Bertz CT molecular complexity index is 746. The minimum atomic E-state index is -0.236. The topological polar surface area (TPSA) is 54.7 Å². The van der Waals surface area contributed by atoms with Crippen LogP contribution in [-0.2, 0) is 6.54 Å². The highest BCUT2D eigenvalue weighted by atomic mass is 19.1. The van der Waals surface area contributed by atoms with Crippen molar-refractivity contribution in [2.45, 2.75) is 13.5 Å². The lowest BCUT2D eigenvalue weighted by molar-refractivity contribution is 0.627. The smallest absolute Gasteiger partial charge is 0.138 e. The van der Waals surface area contributed by atoms with E-state index in [9.17, 15) is 4.39 Å². The zero-order valence-electron chi connectivity index (χ0n) is 10.6. The Hall–Kier alpha value is -2.20. The summed E-state index contributed by atoms with van der Waals surface area (Å²) in [5.41, 5.74) is 10.3. The van der Waals surface area contributed by atoms with Gasteiger partial charge in [-0.3, -0.25) is 0 Å². The van der Waals surface area contributed by atoms with Crippen LogP contribution >= 0.6 is 0 Å². The molecule has 0 fully saturated rings. The van der Waals surface area contributed by atoms with Crippen LogP contribution in [-0.4, -0.2) is 9.97 Å². The first-order valence-electron chi connectivity index (χ1n) is 6.13. The second kappa shape index (κ2) is 4.48. The molecule has 4 heteroatoms. The molecular weight excluding hydrogens is 241 g/mol. The number of nitrogens with zero attached hydrogens (tertiary/aromatic N) is 1. The second-order valence-corrected chi connectivity index (χ2v) is 4.56. The Balaban J connectivity index is 2.20. The van der Waals surface area contributed by atoms with Crippen LogP contribution in [0, 0.1) is 12.7 Å².